The monoisotopic (exact) mass is 343 g/mol. The molecule has 1 heterocycles. The second kappa shape index (κ2) is 10.6. The zero-order valence-electron chi connectivity index (χ0n) is 12.9. The number of amides is 2. The molecule has 8 nitrogen and oxygen atoms in total. The lowest BCUT2D eigenvalue weighted by atomic mass is 10.1. The number of hydrogen-bond acceptors (Lipinski definition) is 6. The fraction of sp³-hybridized carbons (Fsp3) is 0.571. The fourth-order valence-electron chi connectivity index (χ4n) is 1.99. The SMILES string of the molecule is NC(=O)OCCCCCCCCNc1nc(Cl)ncc1C(N)=O. The van der Waals surface area contributed by atoms with Gasteiger partial charge in [-0.1, -0.05) is 25.7 Å². The van der Waals surface area contributed by atoms with Crippen LogP contribution in [0.15, 0.2) is 6.20 Å². The molecule has 1 aromatic rings. The summed E-state index contributed by atoms with van der Waals surface area (Å²) < 4.78 is 4.64. The van der Waals surface area contributed by atoms with Crippen LogP contribution in [0, 0.1) is 0 Å². The van der Waals surface area contributed by atoms with Gasteiger partial charge in [0.15, 0.2) is 0 Å². The number of unbranched alkanes of at least 4 members (excludes halogenated alkanes) is 5. The summed E-state index contributed by atoms with van der Waals surface area (Å²) in [7, 11) is 0. The molecule has 0 saturated carbocycles. The minimum Gasteiger partial charge on any atom is -0.450 e. The molecule has 0 atom stereocenters. The van der Waals surface area contributed by atoms with E-state index in [4.69, 9.17) is 23.1 Å². The third-order valence-electron chi connectivity index (χ3n) is 3.13. The lowest BCUT2D eigenvalue weighted by Gasteiger charge is -2.08. The molecule has 0 fully saturated rings. The number of nitrogens with zero attached hydrogens (tertiary/aromatic N) is 2. The number of aromatic nitrogens is 2. The van der Waals surface area contributed by atoms with E-state index in [9.17, 15) is 9.59 Å². The number of halogens is 1. The second-order valence-corrected chi connectivity index (χ2v) is 5.32. The molecular formula is C14H22ClN5O3. The number of hydrogen-bond donors (Lipinski definition) is 3. The second-order valence-electron chi connectivity index (χ2n) is 4.98. The van der Waals surface area contributed by atoms with E-state index in [1.807, 2.05) is 0 Å². The van der Waals surface area contributed by atoms with Crippen molar-refractivity contribution >= 4 is 29.4 Å². The average Bonchev–Trinajstić information content (AvgIpc) is 2.48. The highest BCUT2D eigenvalue weighted by molar-refractivity contribution is 6.28. The number of ether oxygens (including phenoxy) is 1. The molecule has 5 N–H and O–H groups in total. The molecule has 0 aromatic carbocycles. The Kier molecular flexibility index (Phi) is 8.74. The predicted octanol–water partition coefficient (Wildman–Crippen LogP) is 2.08. The standard InChI is InChI=1S/C14H22ClN5O3/c15-13-19-9-10(11(16)21)12(20-13)18-7-5-3-1-2-4-6-8-23-14(17)22/h9H,1-8H2,(H2,16,21)(H2,17,22)(H,18,19,20). The van der Waals surface area contributed by atoms with Crippen molar-refractivity contribution in [3.05, 3.63) is 17.0 Å². The minimum absolute atomic E-state index is 0.0654. The van der Waals surface area contributed by atoms with E-state index in [-0.39, 0.29) is 10.8 Å². The van der Waals surface area contributed by atoms with E-state index in [2.05, 4.69) is 20.0 Å². The first-order valence-corrected chi connectivity index (χ1v) is 7.87. The molecule has 0 aliphatic carbocycles. The van der Waals surface area contributed by atoms with Crippen LogP contribution in [0.3, 0.4) is 0 Å². The van der Waals surface area contributed by atoms with Gasteiger partial charge in [0, 0.05) is 12.7 Å². The molecular weight excluding hydrogens is 322 g/mol. The number of carbonyl (C=O) groups is 2. The topological polar surface area (TPSA) is 133 Å². The Morgan fingerprint density at radius 3 is 2.43 bits per heavy atom. The van der Waals surface area contributed by atoms with Gasteiger partial charge >= 0.3 is 6.09 Å². The van der Waals surface area contributed by atoms with Gasteiger partial charge in [-0.3, -0.25) is 4.79 Å². The first kappa shape index (κ1) is 19.0. The van der Waals surface area contributed by atoms with Crippen LogP contribution in [0.25, 0.3) is 0 Å². The molecule has 9 heteroatoms. The molecule has 1 aromatic heterocycles. The first-order chi connectivity index (χ1) is 11.0. The zero-order valence-corrected chi connectivity index (χ0v) is 13.6. The van der Waals surface area contributed by atoms with Gasteiger partial charge in [-0.2, -0.15) is 4.98 Å². The van der Waals surface area contributed by atoms with Crippen molar-refractivity contribution in [2.75, 3.05) is 18.5 Å². The Morgan fingerprint density at radius 1 is 1.13 bits per heavy atom. The number of carbonyl (C=O) groups excluding carboxylic acids is 2. The van der Waals surface area contributed by atoms with Gasteiger partial charge in [0.05, 0.1) is 12.2 Å². The van der Waals surface area contributed by atoms with Gasteiger partial charge < -0.3 is 21.5 Å². The van der Waals surface area contributed by atoms with E-state index >= 15 is 0 Å². The lowest BCUT2D eigenvalue weighted by molar-refractivity contribution is 0.100. The summed E-state index contributed by atoms with van der Waals surface area (Å²) in [6.07, 6.45) is 6.51. The fourth-order valence-corrected chi connectivity index (χ4v) is 2.12. The van der Waals surface area contributed by atoms with E-state index in [0.717, 1.165) is 38.5 Å². The third-order valence-corrected chi connectivity index (χ3v) is 3.31. The lowest BCUT2D eigenvalue weighted by Crippen LogP contribution is -2.16. The van der Waals surface area contributed by atoms with E-state index in [1.54, 1.807) is 0 Å². The molecule has 0 aliphatic rings. The molecule has 0 bridgehead atoms. The van der Waals surface area contributed by atoms with Crippen molar-refractivity contribution < 1.29 is 14.3 Å². The van der Waals surface area contributed by atoms with E-state index < -0.39 is 12.0 Å². The van der Waals surface area contributed by atoms with Gasteiger partial charge in [0.1, 0.15) is 5.82 Å². The number of primary amides is 2. The molecule has 23 heavy (non-hydrogen) atoms. The normalized spacial score (nSPS) is 10.3. The summed E-state index contributed by atoms with van der Waals surface area (Å²) in [5.41, 5.74) is 10.3. The summed E-state index contributed by atoms with van der Waals surface area (Å²) in [5, 5.41) is 3.12. The number of anilines is 1. The molecule has 0 unspecified atom stereocenters. The summed E-state index contributed by atoms with van der Waals surface area (Å²) in [6.45, 7) is 1.04. The van der Waals surface area contributed by atoms with Crippen LogP contribution in [-0.2, 0) is 4.74 Å². The van der Waals surface area contributed by atoms with Gasteiger partial charge in [0.25, 0.3) is 5.91 Å². The Balaban J connectivity index is 2.12. The number of nitrogens with one attached hydrogen (secondary N) is 1. The Bertz CT molecular complexity index is 527. The van der Waals surface area contributed by atoms with Crippen LogP contribution in [0.1, 0.15) is 48.9 Å². The molecule has 0 radical (unpaired) electrons. The van der Waals surface area contributed by atoms with Crippen LogP contribution >= 0.6 is 11.6 Å². The van der Waals surface area contributed by atoms with Crippen LogP contribution in [-0.4, -0.2) is 35.1 Å². The first-order valence-electron chi connectivity index (χ1n) is 7.49. The van der Waals surface area contributed by atoms with Crippen molar-refractivity contribution in [3.63, 3.8) is 0 Å². The molecule has 0 saturated heterocycles. The highest BCUT2D eigenvalue weighted by Gasteiger charge is 2.10. The minimum atomic E-state index is -0.726. The third kappa shape index (κ3) is 8.20. The summed E-state index contributed by atoms with van der Waals surface area (Å²) in [4.78, 5) is 29.3. The van der Waals surface area contributed by atoms with Crippen LogP contribution in [0.2, 0.25) is 5.28 Å². The maximum absolute atomic E-state index is 11.3. The van der Waals surface area contributed by atoms with Crippen molar-refractivity contribution in [2.45, 2.75) is 38.5 Å². The van der Waals surface area contributed by atoms with Gasteiger partial charge in [0.2, 0.25) is 5.28 Å². The van der Waals surface area contributed by atoms with Crippen LogP contribution in [0.5, 0.6) is 0 Å². The van der Waals surface area contributed by atoms with Crippen molar-refractivity contribution in [2.24, 2.45) is 11.5 Å². The summed E-state index contributed by atoms with van der Waals surface area (Å²) in [5.74, 6) is -0.233. The van der Waals surface area contributed by atoms with Crippen LogP contribution in [0.4, 0.5) is 10.6 Å². The van der Waals surface area contributed by atoms with Crippen LogP contribution < -0.4 is 16.8 Å². The Hall–Kier alpha value is -2.09. The smallest absolute Gasteiger partial charge is 0.404 e. The molecule has 2 amide bonds. The quantitative estimate of drug-likeness (QED) is 0.416. The zero-order chi connectivity index (χ0) is 17.1. The average molecular weight is 344 g/mol. The van der Waals surface area contributed by atoms with Crippen molar-refractivity contribution in [1.29, 1.82) is 0 Å². The van der Waals surface area contributed by atoms with Gasteiger partial charge in [-0.25, -0.2) is 9.78 Å². The summed E-state index contributed by atoms with van der Waals surface area (Å²) in [6, 6.07) is 0. The largest absolute Gasteiger partial charge is 0.450 e. The van der Waals surface area contributed by atoms with E-state index in [0.29, 0.717) is 19.0 Å². The highest BCUT2D eigenvalue weighted by Crippen LogP contribution is 2.14. The maximum Gasteiger partial charge on any atom is 0.404 e. The molecule has 0 aliphatic heterocycles. The molecule has 0 spiro atoms. The number of nitrogens with two attached hydrogens (primary N) is 2. The maximum atomic E-state index is 11.3. The predicted molar refractivity (Wildman–Crippen MR) is 87.3 cm³/mol. The Labute approximate surface area is 139 Å². The molecule has 128 valence electrons. The van der Waals surface area contributed by atoms with Crippen molar-refractivity contribution in [1.82, 2.24) is 9.97 Å². The molecule has 1 rings (SSSR count). The van der Waals surface area contributed by atoms with E-state index in [1.165, 1.54) is 6.20 Å². The highest BCUT2D eigenvalue weighted by atomic mass is 35.5. The van der Waals surface area contributed by atoms with Crippen molar-refractivity contribution in [3.8, 4) is 0 Å². The van der Waals surface area contributed by atoms with Gasteiger partial charge in [-0.05, 0) is 24.4 Å². The summed E-state index contributed by atoms with van der Waals surface area (Å²) >= 11 is 5.71. The Morgan fingerprint density at radius 2 is 1.78 bits per heavy atom. The van der Waals surface area contributed by atoms with Gasteiger partial charge in [-0.15, -0.1) is 0 Å². The number of rotatable bonds is 11.